The van der Waals surface area contributed by atoms with Gasteiger partial charge in [0.15, 0.2) is 0 Å². The highest BCUT2D eigenvalue weighted by atomic mass is 16.1. The van der Waals surface area contributed by atoms with E-state index in [2.05, 4.69) is 97.1 Å². The first-order valence-corrected chi connectivity index (χ1v) is 13.9. The van der Waals surface area contributed by atoms with Crippen LogP contribution in [-0.2, 0) is 0 Å². The molecule has 0 bridgehead atoms. The molecule has 0 unspecified atom stereocenters. The minimum atomic E-state index is 0.666. The molecule has 0 fully saturated rings. The summed E-state index contributed by atoms with van der Waals surface area (Å²) in [6.07, 6.45) is 1.73. The summed E-state index contributed by atoms with van der Waals surface area (Å²) in [6.45, 7) is 0. The second-order valence-corrected chi connectivity index (χ2v) is 10.1. The zero-order chi connectivity index (χ0) is 28.7. The third kappa shape index (κ3) is 5.65. The molecule has 6 aromatic carbocycles. The predicted molar refractivity (Wildman–Crippen MR) is 172 cm³/mol. The van der Waals surface area contributed by atoms with Crippen LogP contribution in [0.15, 0.2) is 158 Å². The lowest BCUT2D eigenvalue weighted by atomic mass is 9.85. The fraction of sp³-hybridized carbons (Fsp3) is 0. The summed E-state index contributed by atoms with van der Waals surface area (Å²) in [6, 6.07) is 53.6. The Balaban J connectivity index is 1.51. The van der Waals surface area contributed by atoms with Gasteiger partial charge in [0.05, 0.1) is 0 Å². The van der Waals surface area contributed by atoms with Gasteiger partial charge in [-0.2, -0.15) is 0 Å². The topological polar surface area (TPSA) is 34.1 Å². The Morgan fingerprint density at radius 1 is 0.310 bits per heavy atom. The Bertz CT molecular complexity index is 1690. The van der Waals surface area contributed by atoms with E-state index in [4.69, 9.17) is 0 Å². The van der Waals surface area contributed by atoms with E-state index in [1.807, 2.05) is 60.7 Å². The Kier molecular flexibility index (Phi) is 7.78. The van der Waals surface area contributed by atoms with Crippen LogP contribution in [0.1, 0.15) is 43.0 Å². The van der Waals surface area contributed by atoms with Gasteiger partial charge in [-0.25, -0.2) is 0 Å². The van der Waals surface area contributed by atoms with Gasteiger partial charge in [0, 0.05) is 11.1 Å². The highest BCUT2D eigenvalue weighted by Crippen LogP contribution is 2.38. The lowest BCUT2D eigenvalue weighted by Gasteiger charge is -2.19. The Hall–Kier alpha value is -5.60. The van der Waals surface area contributed by atoms with E-state index in [-0.39, 0.29) is 0 Å². The molecule has 0 N–H and O–H groups in total. The summed E-state index contributed by atoms with van der Waals surface area (Å²) in [5.74, 6) is 0. The number of benzene rings is 6. The van der Waals surface area contributed by atoms with Crippen molar-refractivity contribution in [1.29, 1.82) is 0 Å². The monoisotopic (exact) mass is 540 g/mol. The van der Waals surface area contributed by atoms with Gasteiger partial charge in [0.25, 0.3) is 0 Å². The molecule has 0 aliphatic carbocycles. The summed E-state index contributed by atoms with van der Waals surface area (Å²) in [5.41, 5.74) is 12.4. The molecule has 0 heterocycles. The fourth-order valence-corrected chi connectivity index (χ4v) is 5.29. The van der Waals surface area contributed by atoms with E-state index in [0.717, 1.165) is 68.2 Å². The number of carbonyl (C=O) groups is 2. The SMILES string of the molecule is O=Cc1ccc(-c2ccc(C(=C(c3ccccc3)c3ccccc3)c3ccc(-c4ccc(C=O)cc4)cc3)cc2)cc1. The van der Waals surface area contributed by atoms with Crippen molar-refractivity contribution in [2.45, 2.75) is 0 Å². The molecule has 0 aliphatic heterocycles. The van der Waals surface area contributed by atoms with Crippen molar-refractivity contribution in [3.05, 3.63) is 191 Å². The number of hydrogen-bond donors (Lipinski definition) is 0. The molecule has 200 valence electrons. The minimum absolute atomic E-state index is 0.666. The maximum atomic E-state index is 11.1. The highest BCUT2D eigenvalue weighted by molar-refractivity contribution is 6.04. The van der Waals surface area contributed by atoms with Crippen LogP contribution >= 0.6 is 0 Å². The molecule has 0 saturated heterocycles. The van der Waals surface area contributed by atoms with Crippen LogP contribution in [0.25, 0.3) is 33.4 Å². The van der Waals surface area contributed by atoms with Crippen LogP contribution in [0, 0.1) is 0 Å². The highest BCUT2D eigenvalue weighted by Gasteiger charge is 2.16. The maximum Gasteiger partial charge on any atom is 0.150 e. The van der Waals surface area contributed by atoms with Crippen LogP contribution in [0.3, 0.4) is 0 Å². The van der Waals surface area contributed by atoms with Crippen molar-refractivity contribution in [2.75, 3.05) is 0 Å². The van der Waals surface area contributed by atoms with Crippen molar-refractivity contribution >= 4 is 23.7 Å². The van der Waals surface area contributed by atoms with E-state index >= 15 is 0 Å². The summed E-state index contributed by atoms with van der Waals surface area (Å²) in [4.78, 5) is 22.2. The number of carbonyl (C=O) groups excluding carboxylic acids is 2. The zero-order valence-electron chi connectivity index (χ0n) is 23.0. The van der Waals surface area contributed by atoms with Crippen molar-refractivity contribution in [3.8, 4) is 22.3 Å². The molecule has 6 aromatic rings. The minimum Gasteiger partial charge on any atom is -0.298 e. The van der Waals surface area contributed by atoms with E-state index < -0.39 is 0 Å². The van der Waals surface area contributed by atoms with Gasteiger partial charge in [-0.05, 0) is 55.7 Å². The van der Waals surface area contributed by atoms with Crippen LogP contribution in [0.2, 0.25) is 0 Å². The molecule has 0 amide bonds. The predicted octanol–water partition coefficient (Wildman–Crippen LogP) is 9.65. The molecule has 0 saturated carbocycles. The standard InChI is InChI=1S/C40H28O2/c41-27-29-11-15-31(16-12-29)33-19-23-37(24-20-33)40(39(35-7-3-1-4-8-35)36-9-5-2-6-10-36)38-25-21-34(22-26-38)32-17-13-30(28-42)14-18-32/h1-28H. The second kappa shape index (κ2) is 12.3. The average molecular weight is 541 g/mol. The summed E-state index contributed by atoms with van der Waals surface area (Å²) >= 11 is 0. The van der Waals surface area contributed by atoms with Crippen molar-refractivity contribution < 1.29 is 9.59 Å². The largest absolute Gasteiger partial charge is 0.298 e. The Morgan fingerprint density at radius 3 is 0.857 bits per heavy atom. The van der Waals surface area contributed by atoms with Gasteiger partial charge < -0.3 is 0 Å². The first kappa shape index (κ1) is 26.6. The van der Waals surface area contributed by atoms with E-state index in [0.29, 0.717) is 11.1 Å². The summed E-state index contributed by atoms with van der Waals surface area (Å²) in [5, 5.41) is 0. The van der Waals surface area contributed by atoms with Crippen LogP contribution in [-0.4, -0.2) is 12.6 Å². The molecule has 0 aromatic heterocycles. The molecule has 2 heteroatoms. The zero-order valence-corrected chi connectivity index (χ0v) is 23.0. The van der Waals surface area contributed by atoms with Crippen molar-refractivity contribution in [1.82, 2.24) is 0 Å². The van der Waals surface area contributed by atoms with Gasteiger partial charge in [0.2, 0.25) is 0 Å². The normalized spacial score (nSPS) is 10.6. The Morgan fingerprint density at radius 2 is 0.571 bits per heavy atom. The first-order chi connectivity index (χ1) is 20.7. The van der Waals surface area contributed by atoms with Gasteiger partial charge >= 0.3 is 0 Å². The average Bonchev–Trinajstić information content (AvgIpc) is 3.08. The first-order valence-electron chi connectivity index (χ1n) is 13.9. The molecule has 0 aliphatic rings. The smallest absolute Gasteiger partial charge is 0.150 e. The lowest BCUT2D eigenvalue weighted by Crippen LogP contribution is -1.98. The molecule has 6 rings (SSSR count). The number of hydrogen-bond acceptors (Lipinski definition) is 2. The number of aldehydes is 2. The third-order valence-corrected chi connectivity index (χ3v) is 7.48. The maximum absolute atomic E-state index is 11.1. The second-order valence-electron chi connectivity index (χ2n) is 10.1. The van der Waals surface area contributed by atoms with Crippen LogP contribution in [0.5, 0.6) is 0 Å². The van der Waals surface area contributed by atoms with E-state index in [1.165, 1.54) is 0 Å². The van der Waals surface area contributed by atoms with Crippen molar-refractivity contribution in [3.63, 3.8) is 0 Å². The van der Waals surface area contributed by atoms with Crippen LogP contribution < -0.4 is 0 Å². The number of rotatable bonds is 8. The Labute approximate surface area is 246 Å². The molecule has 0 radical (unpaired) electrons. The van der Waals surface area contributed by atoms with Crippen molar-refractivity contribution in [2.24, 2.45) is 0 Å². The van der Waals surface area contributed by atoms with Gasteiger partial charge in [-0.3, -0.25) is 9.59 Å². The molecule has 0 atom stereocenters. The van der Waals surface area contributed by atoms with Gasteiger partial charge in [-0.1, -0.05) is 158 Å². The molecular weight excluding hydrogens is 512 g/mol. The van der Waals surface area contributed by atoms with Gasteiger partial charge in [0.1, 0.15) is 12.6 Å². The third-order valence-electron chi connectivity index (χ3n) is 7.48. The fourth-order valence-electron chi connectivity index (χ4n) is 5.29. The molecule has 0 spiro atoms. The van der Waals surface area contributed by atoms with Crippen LogP contribution in [0.4, 0.5) is 0 Å². The quantitative estimate of drug-likeness (QED) is 0.142. The summed E-state index contributed by atoms with van der Waals surface area (Å²) < 4.78 is 0. The molecular formula is C40H28O2. The summed E-state index contributed by atoms with van der Waals surface area (Å²) in [7, 11) is 0. The lowest BCUT2D eigenvalue weighted by molar-refractivity contribution is 0.111. The van der Waals surface area contributed by atoms with E-state index in [9.17, 15) is 9.59 Å². The molecule has 42 heavy (non-hydrogen) atoms. The van der Waals surface area contributed by atoms with E-state index in [1.54, 1.807) is 0 Å². The van der Waals surface area contributed by atoms with Gasteiger partial charge in [-0.15, -0.1) is 0 Å². The molecule has 2 nitrogen and oxygen atoms in total.